The van der Waals surface area contributed by atoms with E-state index in [4.69, 9.17) is 0 Å². The van der Waals surface area contributed by atoms with E-state index in [9.17, 15) is 26.4 Å². The lowest BCUT2D eigenvalue weighted by molar-refractivity contribution is -0.175. The van der Waals surface area contributed by atoms with Crippen molar-refractivity contribution in [2.75, 3.05) is 39.4 Å². The molecule has 0 spiro atoms. The molecule has 0 radical (unpaired) electrons. The van der Waals surface area contributed by atoms with Crippen LogP contribution in [0, 0.1) is 13.8 Å². The number of carbonyl (C=O) groups excluding carboxylic acids is 1. The molecular formula is C17H23F3N2O4S. The Morgan fingerprint density at radius 2 is 1.78 bits per heavy atom. The zero-order chi connectivity index (χ0) is 20.2. The van der Waals surface area contributed by atoms with Gasteiger partial charge in [0.25, 0.3) is 0 Å². The van der Waals surface area contributed by atoms with Gasteiger partial charge in [-0.3, -0.25) is 4.79 Å². The highest BCUT2D eigenvalue weighted by molar-refractivity contribution is 7.89. The second-order valence-electron chi connectivity index (χ2n) is 6.47. The maximum atomic E-state index is 12.8. The van der Waals surface area contributed by atoms with Crippen molar-refractivity contribution in [2.24, 2.45) is 0 Å². The molecule has 0 saturated carbocycles. The van der Waals surface area contributed by atoms with Crippen LogP contribution in [0.15, 0.2) is 23.1 Å². The largest absolute Gasteiger partial charge is 0.411 e. The second kappa shape index (κ2) is 8.57. The van der Waals surface area contributed by atoms with Crippen LogP contribution in [-0.2, 0) is 19.6 Å². The fraction of sp³-hybridized carbons (Fsp3) is 0.588. The molecule has 1 fully saturated rings. The molecule has 27 heavy (non-hydrogen) atoms. The highest BCUT2D eigenvalue weighted by atomic mass is 32.2. The third-order valence-electron chi connectivity index (χ3n) is 4.27. The van der Waals surface area contributed by atoms with Gasteiger partial charge in [-0.1, -0.05) is 17.7 Å². The van der Waals surface area contributed by atoms with Crippen LogP contribution in [0.3, 0.4) is 0 Å². The molecule has 1 aromatic carbocycles. The van der Waals surface area contributed by atoms with Crippen molar-refractivity contribution in [3.8, 4) is 0 Å². The smallest absolute Gasteiger partial charge is 0.372 e. The lowest BCUT2D eigenvalue weighted by Crippen LogP contribution is -2.50. The Balaban J connectivity index is 1.88. The third kappa shape index (κ3) is 5.91. The quantitative estimate of drug-likeness (QED) is 0.677. The van der Waals surface area contributed by atoms with Gasteiger partial charge in [0, 0.05) is 26.2 Å². The van der Waals surface area contributed by atoms with E-state index < -0.39 is 22.8 Å². The standard InChI is InChI=1S/C17H23F3N2O4S/c1-13-3-4-15(14(2)11-13)27(24,25)22-8-6-21(7-9-22)16(23)5-10-26-12-17(18,19)20/h3-4,11H,5-10,12H2,1-2H3. The number of halogens is 3. The summed E-state index contributed by atoms with van der Waals surface area (Å²) >= 11 is 0. The lowest BCUT2D eigenvalue weighted by atomic mass is 10.2. The highest BCUT2D eigenvalue weighted by Crippen LogP contribution is 2.22. The summed E-state index contributed by atoms with van der Waals surface area (Å²) in [6, 6.07) is 5.11. The summed E-state index contributed by atoms with van der Waals surface area (Å²) in [4.78, 5) is 13.7. The van der Waals surface area contributed by atoms with Crippen molar-refractivity contribution < 1.29 is 31.1 Å². The Bertz CT molecular complexity index is 773. The van der Waals surface area contributed by atoms with Crippen molar-refractivity contribution in [3.63, 3.8) is 0 Å². The number of nitrogens with zero attached hydrogens (tertiary/aromatic N) is 2. The molecule has 1 amide bonds. The van der Waals surface area contributed by atoms with E-state index in [1.165, 1.54) is 9.21 Å². The molecule has 1 aliphatic rings. The van der Waals surface area contributed by atoms with Gasteiger partial charge in [-0.2, -0.15) is 17.5 Å². The van der Waals surface area contributed by atoms with Crippen LogP contribution in [0.1, 0.15) is 17.5 Å². The fourth-order valence-corrected chi connectivity index (χ4v) is 4.54. The molecule has 1 aliphatic heterocycles. The first kappa shape index (κ1) is 21.6. The van der Waals surface area contributed by atoms with Gasteiger partial charge < -0.3 is 9.64 Å². The molecule has 2 rings (SSSR count). The van der Waals surface area contributed by atoms with Crippen molar-refractivity contribution in [3.05, 3.63) is 29.3 Å². The normalized spacial score (nSPS) is 16.6. The Morgan fingerprint density at radius 1 is 1.15 bits per heavy atom. The van der Waals surface area contributed by atoms with E-state index in [2.05, 4.69) is 4.74 Å². The number of benzene rings is 1. The van der Waals surface area contributed by atoms with Crippen molar-refractivity contribution in [2.45, 2.75) is 31.3 Å². The molecule has 0 atom stereocenters. The number of hydrogen-bond acceptors (Lipinski definition) is 4. The number of alkyl halides is 3. The number of piperazine rings is 1. The van der Waals surface area contributed by atoms with Crippen molar-refractivity contribution in [1.82, 2.24) is 9.21 Å². The van der Waals surface area contributed by atoms with E-state index in [0.717, 1.165) is 5.56 Å². The van der Waals surface area contributed by atoms with E-state index in [0.29, 0.717) is 5.56 Å². The number of hydrogen-bond donors (Lipinski definition) is 0. The Labute approximate surface area is 156 Å². The molecule has 0 bridgehead atoms. The maximum Gasteiger partial charge on any atom is 0.411 e. The van der Waals surface area contributed by atoms with Crippen LogP contribution in [-0.4, -0.2) is 69.1 Å². The number of aryl methyl sites for hydroxylation is 2. The minimum absolute atomic E-state index is 0.144. The lowest BCUT2D eigenvalue weighted by Gasteiger charge is -2.34. The number of sulfonamides is 1. The zero-order valence-corrected chi connectivity index (χ0v) is 16.1. The summed E-state index contributed by atoms with van der Waals surface area (Å²) in [5.41, 5.74) is 1.63. The van der Waals surface area contributed by atoms with Crippen LogP contribution in [0.4, 0.5) is 13.2 Å². The SMILES string of the molecule is Cc1ccc(S(=O)(=O)N2CCN(C(=O)CCOCC(F)(F)F)CC2)c(C)c1. The molecule has 0 aromatic heterocycles. The molecule has 0 aliphatic carbocycles. The van der Waals surface area contributed by atoms with Gasteiger partial charge in [0.1, 0.15) is 6.61 Å². The third-order valence-corrected chi connectivity index (χ3v) is 6.32. The van der Waals surface area contributed by atoms with Gasteiger partial charge >= 0.3 is 6.18 Å². The Morgan fingerprint density at radius 3 is 2.33 bits per heavy atom. The molecular weight excluding hydrogens is 385 g/mol. The molecule has 1 heterocycles. The molecule has 6 nitrogen and oxygen atoms in total. The summed E-state index contributed by atoms with van der Waals surface area (Å²) in [6.07, 6.45) is -4.59. The molecule has 152 valence electrons. The first-order chi connectivity index (χ1) is 12.5. The number of ether oxygens (including phenoxy) is 1. The molecule has 1 saturated heterocycles. The van der Waals surface area contributed by atoms with E-state index in [-0.39, 0.29) is 50.0 Å². The molecule has 0 N–H and O–H groups in total. The molecule has 10 heteroatoms. The number of amides is 1. The first-order valence-electron chi connectivity index (χ1n) is 8.50. The summed E-state index contributed by atoms with van der Waals surface area (Å²) in [5, 5.41) is 0. The number of carbonyl (C=O) groups is 1. The van der Waals surface area contributed by atoms with Crippen LogP contribution >= 0.6 is 0 Å². The van der Waals surface area contributed by atoms with Gasteiger partial charge in [0.2, 0.25) is 15.9 Å². The van der Waals surface area contributed by atoms with E-state index >= 15 is 0 Å². The van der Waals surface area contributed by atoms with Crippen LogP contribution < -0.4 is 0 Å². The summed E-state index contributed by atoms with van der Waals surface area (Å²) in [5.74, 6) is -0.347. The summed E-state index contributed by atoms with van der Waals surface area (Å²) < 4.78 is 67.3. The predicted octanol–water partition coefficient (Wildman–Crippen LogP) is 2.11. The van der Waals surface area contributed by atoms with Crippen molar-refractivity contribution >= 4 is 15.9 Å². The predicted molar refractivity (Wildman–Crippen MR) is 92.7 cm³/mol. The van der Waals surface area contributed by atoms with Gasteiger partial charge in [-0.15, -0.1) is 0 Å². The molecule has 0 unspecified atom stereocenters. The first-order valence-corrected chi connectivity index (χ1v) is 9.94. The zero-order valence-electron chi connectivity index (χ0n) is 15.3. The van der Waals surface area contributed by atoms with E-state index in [1.54, 1.807) is 25.1 Å². The minimum Gasteiger partial charge on any atom is -0.372 e. The molecule has 1 aromatic rings. The van der Waals surface area contributed by atoms with Gasteiger partial charge in [-0.05, 0) is 25.5 Å². The maximum absolute atomic E-state index is 12.8. The van der Waals surface area contributed by atoms with Gasteiger partial charge in [0.05, 0.1) is 17.9 Å². The van der Waals surface area contributed by atoms with Gasteiger partial charge in [0.15, 0.2) is 0 Å². The van der Waals surface area contributed by atoms with Crippen LogP contribution in [0.5, 0.6) is 0 Å². The van der Waals surface area contributed by atoms with E-state index in [1.807, 2.05) is 6.92 Å². The summed E-state index contributed by atoms with van der Waals surface area (Å²) in [7, 11) is -3.65. The Hall–Kier alpha value is -1.65. The second-order valence-corrected chi connectivity index (χ2v) is 8.38. The Kier molecular flexibility index (Phi) is 6.87. The minimum atomic E-state index is -4.42. The number of rotatable bonds is 6. The fourth-order valence-electron chi connectivity index (χ4n) is 2.91. The summed E-state index contributed by atoms with van der Waals surface area (Å²) in [6.45, 7) is 2.59. The highest BCUT2D eigenvalue weighted by Gasteiger charge is 2.31. The topological polar surface area (TPSA) is 66.9 Å². The van der Waals surface area contributed by atoms with Crippen molar-refractivity contribution in [1.29, 1.82) is 0 Å². The van der Waals surface area contributed by atoms with Gasteiger partial charge in [-0.25, -0.2) is 8.42 Å². The average molecular weight is 408 g/mol. The van der Waals surface area contributed by atoms with Crippen LogP contribution in [0.25, 0.3) is 0 Å². The monoisotopic (exact) mass is 408 g/mol. The average Bonchev–Trinajstić information content (AvgIpc) is 2.57. The van der Waals surface area contributed by atoms with Crippen LogP contribution in [0.2, 0.25) is 0 Å².